The molecule has 0 bridgehead atoms. The molecule has 3 N–H and O–H groups in total. The lowest BCUT2D eigenvalue weighted by Gasteiger charge is -1.75. The van der Waals surface area contributed by atoms with Gasteiger partial charge < -0.3 is 15.4 Å². The van der Waals surface area contributed by atoms with Crippen LogP contribution in [0.25, 0.3) is 11.2 Å². The second kappa shape index (κ2) is 3.95. The predicted octanol–water partition coefficient (Wildman–Crippen LogP) is -0.364. The molecule has 2 aromatic rings. The largest absolute Gasteiger partial charge is 0.465 e. The van der Waals surface area contributed by atoms with E-state index < -0.39 is 6.09 Å². The third kappa shape index (κ3) is 2.69. The Bertz CT molecular complexity index is 365. The highest BCUT2D eigenvalue weighted by Gasteiger charge is 1.96. The number of carboxylic acid groups (broad SMARTS) is 1. The topological polar surface area (TPSA) is 128 Å². The van der Waals surface area contributed by atoms with Gasteiger partial charge in [-0.1, -0.05) is 0 Å². The summed E-state index contributed by atoms with van der Waals surface area (Å²) < 4.78 is 4.61. The molecule has 2 heterocycles. The van der Waals surface area contributed by atoms with Gasteiger partial charge in [0.15, 0.2) is 5.52 Å². The predicted molar refractivity (Wildman–Crippen MR) is 39.6 cm³/mol. The van der Waals surface area contributed by atoms with Crippen LogP contribution in [0.1, 0.15) is 0 Å². The van der Waals surface area contributed by atoms with E-state index in [4.69, 9.17) is 9.90 Å². The Morgan fingerprint density at radius 1 is 1.62 bits per heavy atom. The molecule has 0 radical (unpaired) electrons. The van der Waals surface area contributed by atoms with Gasteiger partial charge in [-0.3, -0.25) is 0 Å². The minimum Gasteiger partial charge on any atom is -0.465 e. The zero-order valence-electron chi connectivity index (χ0n) is 6.28. The molecule has 8 nitrogen and oxygen atoms in total. The Hall–Kier alpha value is -2.25. The van der Waals surface area contributed by atoms with Crippen LogP contribution in [0, 0.1) is 0 Å². The minimum atomic E-state index is -1.33. The SMILES string of the molecule is NC(=O)O.c1ncc2nnoc2n1. The van der Waals surface area contributed by atoms with Crippen LogP contribution in [-0.4, -0.2) is 31.5 Å². The van der Waals surface area contributed by atoms with Crippen LogP contribution in [0.2, 0.25) is 0 Å². The molecule has 2 rings (SSSR count). The summed E-state index contributed by atoms with van der Waals surface area (Å²) in [6.45, 7) is 0. The lowest BCUT2D eigenvalue weighted by molar-refractivity contribution is 0.205. The zero-order chi connectivity index (χ0) is 9.68. The van der Waals surface area contributed by atoms with Gasteiger partial charge in [0.2, 0.25) is 0 Å². The number of aromatic nitrogens is 4. The summed E-state index contributed by atoms with van der Waals surface area (Å²) in [4.78, 5) is 16.2. The number of fused-ring (bicyclic) bond motifs is 1. The average Bonchev–Trinajstić information content (AvgIpc) is 2.49. The maximum atomic E-state index is 8.78. The molecular weight excluding hydrogens is 178 g/mol. The molecule has 8 heteroatoms. The fourth-order valence-corrected chi connectivity index (χ4v) is 0.553. The van der Waals surface area contributed by atoms with Crippen molar-refractivity contribution in [1.82, 2.24) is 20.3 Å². The highest BCUT2D eigenvalue weighted by Crippen LogP contribution is 2.00. The van der Waals surface area contributed by atoms with Crippen LogP contribution >= 0.6 is 0 Å². The van der Waals surface area contributed by atoms with Crippen LogP contribution in [0.5, 0.6) is 0 Å². The summed E-state index contributed by atoms with van der Waals surface area (Å²) in [5.41, 5.74) is 5.03. The van der Waals surface area contributed by atoms with E-state index in [1.165, 1.54) is 6.33 Å². The molecule has 0 aliphatic rings. The molecule has 0 aromatic carbocycles. The fraction of sp³-hybridized carbons (Fsp3) is 0. The molecule has 0 fully saturated rings. The van der Waals surface area contributed by atoms with E-state index >= 15 is 0 Å². The zero-order valence-corrected chi connectivity index (χ0v) is 6.28. The first-order chi connectivity index (χ1) is 6.20. The first-order valence-electron chi connectivity index (χ1n) is 3.06. The van der Waals surface area contributed by atoms with Gasteiger partial charge in [0.1, 0.15) is 6.33 Å². The summed E-state index contributed by atoms with van der Waals surface area (Å²) in [5, 5.41) is 14.0. The van der Waals surface area contributed by atoms with E-state index in [1.807, 2.05) is 0 Å². The quantitative estimate of drug-likeness (QED) is 0.570. The molecule has 13 heavy (non-hydrogen) atoms. The van der Waals surface area contributed by atoms with Crippen LogP contribution in [0.4, 0.5) is 4.79 Å². The van der Waals surface area contributed by atoms with Crippen LogP contribution in [0.3, 0.4) is 0 Å². The number of rotatable bonds is 0. The van der Waals surface area contributed by atoms with Gasteiger partial charge in [0.05, 0.1) is 6.20 Å². The number of amides is 1. The lowest BCUT2D eigenvalue weighted by Crippen LogP contribution is -2.03. The van der Waals surface area contributed by atoms with Gasteiger partial charge in [-0.25, -0.2) is 9.78 Å². The van der Waals surface area contributed by atoms with Crippen molar-refractivity contribution < 1.29 is 14.4 Å². The van der Waals surface area contributed by atoms with E-state index in [0.29, 0.717) is 11.2 Å². The number of nitrogens with two attached hydrogens (primary N) is 1. The highest BCUT2D eigenvalue weighted by atomic mass is 16.5. The number of carbonyl (C=O) groups is 1. The van der Waals surface area contributed by atoms with Crippen LogP contribution < -0.4 is 5.73 Å². The molecule has 0 atom stereocenters. The van der Waals surface area contributed by atoms with Crippen LogP contribution in [0.15, 0.2) is 17.0 Å². The summed E-state index contributed by atoms with van der Waals surface area (Å²) in [5.74, 6) is 0. The maximum Gasteiger partial charge on any atom is 0.402 e. The molecule has 0 unspecified atom stereocenters. The maximum absolute atomic E-state index is 8.78. The second-order valence-electron chi connectivity index (χ2n) is 1.82. The standard InChI is InChI=1S/C4H2N4O.CH3NO2/c1-3-4(6-2-5-1)9-8-7-3;2-1(3)4/h1-2H;2H2,(H,3,4). The summed E-state index contributed by atoms with van der Waals surface area (Å²) in [6, 6.07) is 0. The van der Waals surface area contributed by atoms with Gasteiger partial charge >= 0.3 is 6.09 Å². The van der Waals surface area contributed by atoms with E-state index in [9.17, 15) is 0 Å². The lowest BCUT2D eigenvalue weighted by atomic mass is 10.6. The normalized spacial score (nSPS) is 8.92. The van der Waals surface area contributed by atoms with Crippen molar-refractivity contribution in [3.05, 3.63) is 12.5 Å². The van der Waals surface area contributed by atoms with E-state index in [1.54, 1.807) is 6.20 Å². The van der Waals surface area contributed by atoms with E-state index in [2.05, 4.69) is 30.6 Å². The van der Waals surface area contributed by atoms with Crippen molar-refractivity contribution in [1.29, 1.82) is 0 Å². The number of primary amides is 1. The molecule has 0 saturated heterocycles. The Kier molecular flexibility index (Phi) is 2.69. The van der Waals surface area contributed by atoms with Gasteiger partial charge in [-0.15, -0.1) is 5.10 Å². The number of hydrogen-bond acceptors (Lipinski definition) is 6. The summed E-state index contributed by atoms with van der Waals surface area (Å²) in [7, 11) is 0. The third-order valence-corrected chi connectivity index (χ3v) is 0.933. The Morgan fingerprint density at radius 2 is 2.31 bits per heavy atom. The molecule has 2 aromatic heterocycles. The van der Waals surface area contributed by atoms with Crippen molar-refractivity contribution >= 4 is 17.3 Å². The van der Waals surface area contributed by atoms with Crippen LogP contribution in [-0.2, 0) is 0 Å². The van der Waals surface area contributed by atoms with Crippen molar-refractivity contribution in [2.45, 2.75) is 0 Å². The van der Waals surface area contributed by atoms with Crippen molar-refractivity contribution in [3.63, 3.8) is 0 Å². The van der Waals surface area contributed by atoms with Crippen molar-refractivity contribution in [2.75, 3.05) is 0 Å². The minimum absolute atomic E-state index is 0.421. The van der Waals surface area contributed by atoms with E-state index in [0.717, 1.165) is 0 Å². The smallest absolute Gasteiger partial charge is 0.402 e. The Labute approximate surface area is 71.4 Å². The van der Waals surface area contributed by atoms with Crippen molar-refractivity contribution in [3.8, 4) is 0 Å². The van der Waals surface area contributed by atoms with Crippen molar-refractivity contribution in [2.24, 2.45) is 5.73 Å². The highest BCUT2D eigenvalue weighted by molar-refractivity contribution is 5.63. The summed E-state index contributed by atoms with van der Waals surface area (Å²) in [6.07, 6.45) is 1.59. The van der Waals surface area contributed by atoms with Gasteiger partial charge in [0.25, 0.3) is 5.71 Å². The third-order valence-electron chi connectivity index (χ3n) is 0.933. The molecule has 68 valence electrons. The number of nitrogens with zero attached hydrogens (tertiary/aromatic N) is 4. The van der Waals surface area contributed by atoms with Gasteiger partial charge in [-0.05, 0) is 0 Å². The molecule has 0 aliphatic carbocycles. The molecular formula is C5H5N5O3. The van der Waals surface area contributed by atoms with Gasteiger partial charge in [0, 0.05) is 5.27 Å². The Morgan fingerprint density at radius 3 is 2.92 bits per heavy atom. The molecule has 1 amide bonds. The Balaban J connectivity index is 0.000000184. The summed E-state index contributed by atoms with van der Waals surface area (Å²) >= 11 is 0. The first kappa shape index (κ1) is 8.84. The monoisotopic (exact) mass is 183 g/mol. The second-order valence-corrected chi connectivity index (χ2v) is 1.82. The fourth-order valence-electron chi connectivity index (χ4n) is 0.553. The number of hydrogen-bond donors (Lipinski definition) is 2. The molecule has 0 saturated carbocycles. The molecule has 0 aliphatic heterocycles. The molecule has 0 spiro atoms. The van der Waals surface area contributed by atoms with E-state index in [-0.39, 0.29) is 0 Å². The average molecular weight is 183 g/mol. The van der Waals surface area contributed by atoms with Gasteiger partial charge in [-0.2, -0.15) is 4.98 Å². The first-order valence-corrected chi connectivity index (χ1v) is 3.06.